The van der Waals surface area contributed by atoms with E-state index in [0.717, 1.165) is 10.5 Å². The van der Waals surface area contributed by atoms with E-state index in [1.807, 2.05) is 30.3 Å². The molecule has 8 heteroatoms. The number of aromatic nitrogens is 1. The highest BCUT2D eigenvalue weighted by molar-refractivity contribution is 6.22. The molecule has 1 aliphatic rings. The summed E-state index contributed by atoms with van der Waals surface area (Å²) in [7, 11) is 0. The van der Waals surface area contributed by atoms with Crippen LogP contribution in [0.25, 0.3) is 0 Å². The molecule has 0 radical (unpaired) electrons. The maximum Gasteiger partial charge on any atom is 0.269 e. The summed E-state index contributed by atoms with van der Waals surface area (Å²) in [6.45, 7) is 0.299. The molecule has 1 aliphatic heterocycles. The first-order chi connectivity index (χ1) is 16.1. The predicted molar refractivity (Wildman–Crippen MR) is 120 cm³/mol. The fourth-order valence-corrected chi connectivity index (χ4v) is 3.70. The first-order valence-corrected chi connectivity index (χ1v) is 10.5. The Hall–Kier alpha value is -4.33. The second-order valence-electron chi connectivity index (χ2n) is 7.49. The third kappa shape index (κ3) is 4.79. The van der Waals surface area contributed by atoms with Crippen molar-refractivity contribution in [3.8, 4) is 0 Å². The van der Waals surface area contributed by atoms with E-state index in [0.29, 0.717) is 0 Å². The number of hydrogen-bond acceptors (Lipinski definition) is 5. The van der Waals surface area contributed by atoms with E-state index in [4.69, 9.17) is 0 Å². The van der Waals surface area contributed by atoms with Crippen molar-refractivity contribution < 1.29 is 19.2 Å². The summed E-state index contributed by atoms with van der Waals surface area (Å²) in [4.78, 5) is 56.2. The summed E-state index contributed by atoms with van der Waals surface area (Å²) < 4.78 is 0. The Labute approximate surface area is 190 Å². The molecule has 0 bridgehead atoms. The molecular weight excluding hydrogens is 420 g/mol. The molecule has 4 amide bonds. The monoisotopic (exact) mass is 442 g/mol. The second-order valence-corrected chi connectivity index (χ2v) is 7.49. The van der Waals surface area contributed by atoms with E-state index in [2.05, 4.69) is 15.6 Å². The van der Waals surface area contributed by atoms with E-state index in [-0.39, 0.29) is 42.2 Å². The average Bonchev–Trinajstić information content (AvgIpc) is 3.11. The lowest BCUT2D eigenvalue weighted by atomic mass is 10.0. The molecule has 33 heavy (non-hydrogen) atoms. The first-order valence-electron chi connectivity index (χ1n) is 10.5. The van der Waals surface area contributed by atoms with Gasteiger partial charge in [0.25, 0.3) is 17.7 Å². The average molecular weight is 442 g/mol. The van der Waals surface area contributed by atoms with Gasteiger partial charge in [0.2, 0.25) is 5.91 Å². The van der Waals surface area contributed by atoms with Gasteiger partial charge in [-0.1, -0.05) is 48.5 Å². The molecule has 0 aliphatic carbocycles. The largest absolute Gasteiger partial charge is 0.353 e. The predicted octanol–water partition coefficient (Wildman–Crippen LogP) is 1.84. The maximum absolute atomic E-state index is 13.1. The molecular formula is C25H22N4O4. The summed E-state index contributed by atoms with van der Waals surface area (Å²) in [5.41, 5.74) is 1.67. The molecule has 3 aromatic rings. The number of fused-ring (bicyclic) bond motifs is 1. The molecule has 0 spiro atoms. The normalized spacial score (nSPS) is 13.4. The number of amides is 4. The van der Waals surface area contributed by atoms with Gasteiger partial charge < -0.3 is 10.6 Å². The summed E-state index contributed by atoms with van der Waals surface area (Å²) in [5, 5.41) is 5.41. The van der Waals surface area contributed by atoms with Crippen LogP contribution in [0.4, 0.5) is 0 Å². The second kappa shape index (κ2) is 9.86. The van der Waals surface area contributed by atoms with Gasteiger partial charge in [-0.2, -0.15) is 0 Å². The smallest absolute Gasteiger partial charge is 0.269 e. The van der Waals surface area contributed by atoms with Crippen LogP contribution in [0.15, 0.2) is 79.0 Å². The van der Waals surface area contributed by atoms with E-state index in [9.17, 15) is 19.2 Å². The molecule has 2 N–H and O–H groups in total. The van der Waals surface area contributed by atoms with Crippen LogP contribution in [-0.4, -0.2) is 52.6 Å². The van der Waals surface area contributed by atoms with Gasteiger partial charge in [-0.05, 0) is 29.8 Å². The number of rotatable bonds is 8. The fraction of sp³-hybridized carbons (Fsp3) is 0.160. The van der Waals surface area contributed by atoms with Gasteiger partial charge in [-0.15, -0.1) is 0 Å². The number of carbonyl (C=O) groups excluding carboxylic acids is 4. The van der Waals surface area contributed by atoms with Crippen molar-refractivity contribution in [1.29, 1.82) is 0 Å². The van der Waals surface area contributed by atoms with Crippen LogP contribution in [0.2, 0.25) is 0 Å². The van der Waals surface area contributed by atoms with Crippen molar-refractivity contribution >= 4 is 23.6 Å². The Morgan fingerprint density at radius 1 is 0.788 bits per heavy atom. The van der Waals surface area contributed by atoms with Crippen LogP contribution in [-0.2, 0) is 11.2 Å². The third-order valence-electron chi connectivity index (χ3n) is 5.32. The van der Waals surface area contributed by atoms with Gasteiger partial charge in [0.05, 0.1) is 11.1 Å². The lowest BCUT2D eigenvalue weighted by Gasteiger charge is -2.25. The minimum Gasteiger partial charge on any atom is -0.353 e. The fourth-order valence-electron chi connectivity index (χ4n) is 3.70. The zero-order chi connectivity index (χ0) is 23.2. The molecule has 2 aromatic carbocycles. The van der Waals surface area contributed by atoms with Crippen molar-refractivity contribution in [3.63, 3.8) is 0 Å². The van der Waals surface area contributed by atoms with Crippen LogP contribution in [0.5, 0.6) is 0 Å². The lowest BCUT2D eigenvalue weighted by molar-refractivity contribution is -0.125. The van der Waals surface area contributed by atoms with E-state index >= 15 is 0 Å². The van der Waals surface area contributed by atoms with Crippen molar-refractivity contribution in [3.05, 3.63) is 101 Å². The summed E-state index contributed by atoms with van der Waals surface area (Å²) in [5.74, 6) is -1.81. The maximum atomic E-state index is 13.1. The molecule has 1 aromatic heterocycles. The van der Waals surface area contributed by atoms with Crippen molar-refractivity contribution in [2.75, 3.05) is 13.1 Å². The van der Waals surface area contributed by atoms with E-state index in [1.54, 1.807) is 42.5 Å². The summed E-state index contributed by atoms with van der Waals surface area (Å²) >= 11 is 0. The van der Waals surface area contributed by atoms with Crippen molar-refractivity contribution in [1.82, 2.24) is 20.5 Å². The topological polar surface area (TPSA) is 108 Å². The van der Waals surface area contributed by atoms with Gasteiger partial charge in [0.15, 0.2) is 0 Å². The highest BCUT2D eigenvalue weighted by atomic mass is 16.2. The Kier molecular flexibility index (Phi) is 6.54. The zero-order valence-electron chi connectivity index (χ0n) is 17.7. The lowest BCUT2D eigenvalue weighted by Crippen LogP contribution is -2.51. The quantitative estimate of drug-likeness (QED) is 0.409. The minimum atomic E-state index is -1.02. The van der Waals surface area contributed by atoms with Gasteiger partial charge in [0.1, 0.15) is 11.7 Å². The first kappa shape index (κ1) is 21.9. The standard InChI is InChI=1S/C25H22N4O4/c30-22(20-12-6-7-13-26-20)27-14-15-28-23(31)21(16-17-8-2-1-3-9-17)29-24(32)18-10-4-5-11-19(18)25(29)33/h1-13,21H,14-16H2,(H,27,30)(H,28,31). The summed E-state index contributed by atoms with van der Waals surface area (Å²) in [6.07, 6.45) is 1.70. The Balaban J connectivity index is 1.45. The third-order valence-corrected chi connectivity index (χ3v) is 5.32. The van der Waals surface area contributed by atoms with Gasteiger partial charge in [-0.3, -0.25) is 29.1 Å². The number of nitrogens with zero attached hydrogens (tertiary/aromatic N) is 2. The highest BCUT2D eigenvalue weighted by Gasteiger charge is 2.42. The summed E-state index contributed by atoms with van der Waals surface area (Å²) in [6, 6.07) is 19.7. The van der Waals surface area contributed by atoms with E-state index in [1.165, 1.54) is 6.20 Å². The molecule has 1 unspecified atom stereocenters. The van der Waals surface area contributed by atoms with Crippen LogP contribution < -0.4 is 10.6 Å². The van der Waals surface area contributed by atoms with Crippen molar-refractivity contribution in [2.45, 2.75) is 12.5 Å². The molecule has 166 valence electrons. The van der Waals surface area contributed by atoms with Crippen molar-refractivity contribution in [2.24, 2.45) is 0 Å². The van der Waals surface area contributed by atoms with Gasteiger partial charge >= 0.3 is 0 Å². The van der Waals surface area contributed by atoms with Crippen LogP contribution in [0.3, 0.4) is 0 Å². The molecule has 1 atom stereocenters. The number of imide groups is 1. The number of benzene rings is 2. The molecule has 0 saturated heterocycles. The minimum absolute atomic E-state index is 0.131. The van der Waals surface area contributed by atoms with Crippen LogP contribution >= 0.6 is 0 Å². The molecule has 2 heterocycles. The SMILES string of the molecule is O=C(NCCNC(=O)C(Cc1ccccc1)N1C(=O)c2ccccc2C1=O)c1ccccn1. The number of nitrogens with one attached hydrogen (secondary N) is 2. The van der Waals surface area contributed by atoms with Gasteiger partial charge in [0, 0.05) is 25.7 Å². The number of hydrogen-bond donors (Lipinski definition) is 2. The number of pyridine rings is 1. The molecule has 0 fully saturated rings. The van der Waals surface area contributed by atoms with Gasteiger partial charge in [-0.25, -0.2) is 0 Å². The van der Waals surface area contributed by atoms with E-state index < -0.39 is 23.8 Å². The number of carbonyl (C=O) groups is 4. The Morgan fingerprint density at radius 2 is 1.39 bits per heavy atom. The van der Waals surface area contributed by atoms with Crippen LogP contribution in [0, 0.1) is 0 Å². The zero-order valence-corrected chi connectivity index (χ0v) is 17.7. The molecule has 4 rings (SSSR count). The Morgan fingerprint density at radius 3 is 2.03 bits per heavy atom. The van der Waals surface area contributed by atoms with Crippen LogP contribution in [0.1, 0.15) is 36.8 Å². The molecule has 8 nitrogen and oxygen atoms in total. The Bertz CT molecular complexity index is 1150. The highest BCUT2D eigenvalue weighted by Crippen LogP contribution is 2.26. The molecule has 0 saturated carbocycles.